The molecule has 3 atom stereocenters. The second-order valence-corrected chi connectivity index (χ2v) is 4.91. The fraction of sp³-hybridized carbons (Fsp3) is 0.600. The maximum atomic E-state index is 9.54. The highest BCUT2D eigenvalue weighted by Crippen LogP contribution is 2.28. The maximum Gasteiger partial charge on any atom is 0.123 e. The van der Waals surface area contributed by atoms with E-state index in [0.29, 0.717) is 6.54 Å². The van der Waals surface area contributed by atoms with Crippen molar-refractivity contribution in [2.75, 3.05) is 20.2 Å². The Morgan fingerprint density at radius 2 is 1.95 bits per heavy atom. The molecular weight excluding hydrogens is 240 g/mol. The van der Waals surface area contributed by atoms with Gasteiger partial charge in [-0.05, 0) is 26.5 Å². The Balaban J connectivity index is 2.86. The van der Waals surface area contributed by atoms with E-state index in [0.717, 1.165) is 17.9 Å². The van der Waals surface area contributed by atoms with E-state index in [-0.39, 0.29) is 12.1 Å². The second-order valence-electron chi connectivity index (χ2n) is 4.91. The molecule has 0 aliphatic carbocycles. The molecule has 1 aromatic rings. The molecule has 108 valence electrons. The highest BCUT2D eigenvalue weighted by Gasteiger charge is 2.21. The first-order valence-electron chi connectivity index (χ1n) is 6.81. The Morgan fingerprint density at radius 1 is 1.32 bits per heavy atom. The molecule has 0 aromatic heterocycles. The molecule has 0 saturated heterocycles. The number of hydrogen-bond acceptors (Lipinski definition) is 4. The van der Waals surface area contributed by atoms with Gasteiger partial charge in [-0.25, -0.2) is 0 Å². The van der Waals surface area contributed by atoms with Crippen molar-refractivity contribution >= 4 is 0 Å². The first-order chi connectivity index (χ1) is 9.01. The summed E-state index contributed by atoms with van der Waals surface area (Å²) < 4.78 is 5.41. The van der Waals surface area contributed by atoms with Crippen LogP contribution in [-0.2, 0) is 0 Å². The Morgan fingerprint density at radius 3 is 2.47 bits per heavy atom. The lowest BCUT2D eigenvalue weighted by atomic mass is 10.0. The minimum absolute atomic E-state index is 0.200. The van der Waals surface area contributed by atoms with Crippen molar-refractivity contribution in [2.24, 2.45) is 5.73 Å². The average Bonchev–Trinajstić information content (AvgIpc) is 2.43. The Labute approximate surface area is 116 Å². The van der Waals surface area contributed by atoms with E-state index in [1.807, 2.05) is 18.2 Å². The van der Waals surface area contributed by atoms with Gasteiger partial charge in [0.2, 0.25) is 0 Å². The number of rotatable bonds is 7. The molecule has 0 unspecified atom stereocenters. The van der Waals surface area contributed by atoms with Gasteiger partial charge in [0.15, 0.2) is 0 Å². The van der Waals surface area contributed by atoms with Crippen LogP contribution >= 0.6 is 0 Å². The minimum Gasteiger partial charge on any atom is -0.496 e. The summed E-state index contributed by atoms with van der Waals surface area (Å²) in [4.78, 5) is 2.25. The van der Waals surface area contributed by atoms with Crippen molar-refractivity contribution in [1.82, 2.24) is 4.90 Å². The van der Waals surface area contributed by atoms with Crippen LogP contribution in [0.4, 0.5) is 0 Å². The highest BCUT2D eigenvalue weighted by molar-refractivity contribution is 5.35. The van der Waals surface area contributed by atoms with Gasteiger partial charge in [0.25, 0.3) is 0 Å². The summed E-state index contributed by atoms with van der Waals surface area (Å²) in [6.07, 6.45) is -0.501. The van der Waals surface area contributed by atoms with Crippen molar-refractivity contribution in [3.05, 3.63) is 29.8 Å². The summed E-state index contributed by atoms with van der Waals surface area (Å²) in [5.74, 6) is 0.888. The molecule has 19 heavy (non-hydrogen) atoms. The average molecular weight is 266 g/mol. The normalized spacial score (nSPS) is 16.2. The van der Waals surface area contributed by atoms with Crippen LogP contribution in [0.1, 0.15) is 32.4 Å². The predicted molar refractivity (Wildman–Crippen MR) is 78.3 cm³/mol. The molecule has 0 heterocycles. The molecule has 0 spiro atoms. The molecule has 1 aromatic carbocycles. The number of hydrogen-bond donors (Lipinski definition) is 2. The van der Waals surface area contributed by atoms with Crippen LogP contribution in [0.2, 0.25) is 0 Å². The Bertz CT molecular complexity index is 382. The van der Waals surface area contributed by atoms with Gasteiger partial charge in [0.1, 0.15) is 5.75 Å². The van der Waals surface area contributed by atoms with E-state index < -0.39 is 6.10 Å². The lowest BCUT2D eigenvalue weighted by Gasteiger charge is -2.32. The molecule has 0 amide bonds. The van der Waals surface area contributed by atoms with E-state index in [9.17, 15) is 5.11 Å². The fourth-order valence-corrected chi connectivity index (χ4v) is 2.19. The molecule has 0 bridgehead atoms. The van der Waals surface area contributed by atoms with E-state index in [4.69, 9.17) is 10.5 Å². The first-order valence-corrected chi connectivity index (χ1v) is 6.81. The monoisotopic (exact) mass is 266 g/mol. The van der Waals surface area contributed by atoms with Gasteiger partial charge in [-0.15, -0.1) is 0 Å². The van der Waals surface area contributed by atoms with Gasteiger partial charge in [-0.1, -0.05) is 25.1 Å². The van der Waals surface area contributed by atoms with Crippen molar-refractivity contribution in [3.8, 4) is 5.75 Å². The van der Waals surface area contributed by atoms with Crippen molar-refractivity contribution < 1.29 is 9.84 Å². The van der Waals surface area contributed by atoms with Gasteiger partial charge in [-0.2, -0.15) is 0 Å². The maximum absolute atomic E-state index is 9.54. The lowest BCUT2D eigenvalue weighted by Crippen LogP contribution is -2.44. The summed E-state index contributed by atoms with van der Waals surface area (Å²) in [7, 11) is 1.68. The third-order valence-corrected chi connectivity index (χ3v) is 3.61. The van der Waals surface area contributed by atoms with Crippen LogP contribution in [-0.4, -0.2) is 42.4 Å². The fourth-order valence-electron chi connectivity index (χ4n) is 2.19. The van der Waals surface area contributed by atoms with Crippen LogP contribution in [0.15, 0.2) is 24.3 Å². The van der Waals surface area contributed by atoms with E-state index in [1.165, 1.54) is 0 Å². The number of aliphatic hydroxyl groups excluding tert-OH is 1. The molecule has 0 saturated carbocycles. The summed E-state index contributed by atoms with van der Waals surface area (Å²) in [6, 6.07) is 7.97. The van der Waals surface area contributed by atoms with Crippen LogP contribution < -0.4 is 10.5 Å². The molecule has 1 rings (SSSR count). The number of nitrogens with zero attached hydrogens (tertiary/aromatic N) is 1. The highest BCUT2D eigenvalue weighted by atomic mass is 16.5. The van der Waals surface area contributed by atoms with Gasteiger partial charge in [-0.3, -0.25) is 4.90 Å². The zero-order chi connectivity index (χ0) is 14.4. The van der Waals surface area contributed by atoms with Crippen LogP contribution in [0.5, 0.6) is 5.75 Å². The van der Waals surface area contributed by atoms with Crippen LogP contribution in [0.3, 0.4) is 0 Å². The summed E-state index contributed by atoms with van der Waals surface area (Å²) in [5.41, 5.74) is 7.10. The van der Waals surface area contributed by atoms with Crippen LogP contribution in [0.25, 0.3) is 0 Å². The van der Waals surface area contributed by atoms with Gasteiger partial charge in [0.05, 0.1) is 13.2 Å². The number of likely N-dealkylation sites (N-methyl/N-ethyl adjacent to an activating group) is 1. The summed E-state index contributed by atoms with van der Waals surface area (Å²) in [5, 5.41) is 9.54. The predicted octanol–water partition coefficient (Wildman–Crippen LogP) is 1.79. The molecule has 3 N–H and O–H groups in total. The third kappa shape index (κ3) is 4.20. The number of nitrogens with two attached hydrogens (primary N) is 1. The summed E-state index contributed by atoms with van der Waals surface area (Å²) >= 11 is 0. The number of methoxy groups -OCH3 is 1. The quantitative estimate of drug-likeness (QED) is 0.790. The number of ether oxygens (including phenoxy) is 1. The van der Waals surface area contributed by atoms with E-state index in [2.05, 4.69) is 24.8 Å². The SMILES string of the molecule is CCN(C[C@@H](N)[C@@H](C)O)[C@@H](C)c1ccccc1OC. The van der Waals surface area contributed by atoms with Crippen molar-refractivity contribution in [3.63, 3.8) is 0 Å². The zero-order valence-corrected chi connectivity index (χ0v) is 12.3. The first kappa shape index (κ1) is 16.0. The lowest BCUT2D eigenvalue weighted by molar-refractivity contribution is 0.119. The standard InChI is InChI=1S/C15H26N2O2/c1-5-17(10-14(16)12(3)18)11(2)13-8-6-7-9-15(13)19-4/h6-9,11-12,14,18H,5,10,16H2,1-4H3/t11-,12+,14+/m0/s1. The summed E-state index contributed by atoms with van der Waals surface area (Å²) in [6.45, 7) is 7.50. The largest absolute Gasteiger partial charge is 0.496 e. The number of benzene rings is 1. The smallest absolute Gasteiger partial charge is 0.123 e. The van der Waals surface area contributed by atoms with Crippen LogP contribution in [0, 0.1) is 0 Å². The van der Waals surface area contributed by atoms with E-state index >= 15 is 0 Å². The Kier molecular flexibility index (Phi) is 6.28. The molecule has 4 heteroatoms. The molecule has 0 fully saturated rings. The van der Waals surface area contributed by atoms with E-state index in [1.54, 1.807) is 14.0 Å². The second kappa shape index (κ2) is 7.48. The molecule has 0 aliphatic heterocycles. The van der Waals surface area contributed by atoms with Crippen molar-refractivity contribution in [2.45, 2.75) is 39.0 Å². The topological polar surface area (TPSA) is 58.7 Å². The van der Waals surface area contributed by atoms with Gasteiger partial charge < -0.3 is 15.6 Å². The number of para-hydroxylation sites is 1. The molecule has 0 aliphatic rings. The molecule has 4 nitrogen and oxygen atoms in total. The number of aliphatic hydroxyl groups is 1. The molecular formula is C15H26N2O2. The molecule has 0 radical (unpaired) electrons. The van der Waals surface area contributed by atoms with Gasteiger partial charge in [0, 0.05) is 24.2 Å². The zero-order valence-electron chi connectivity index (χ0n) is 12.3. The van der Waals surface area contributed by atoms with Crippen molar-refractivity contribution in [1.29, 1.82) is 0 Å². The third-order valence-electron chi connectivity index (χ3n) is 3.61. The Hall–Kier alpha value is -1.10. The van der Waals surface area contributed by atoms with Gasteiger partial charge >= 0.3 is 0 Å². The minimum atomic E-state index is -0.501.